The largest absolute Gasteiger partial charge is 0.493 e. The molecular formula is C21H21FN2O3S. The lowest BCUT2D eigenvalue weighted by Crippen LogP contribution is -2.38. The standard InChI is InChI=1S/C21H21FN2O3S/c1-26-18-10-9-17(14-19(18)27-2)23-21-24(12-3-13-28-21)20(25)11-6-15-4-7-16(22)8-5-15/h4-11,14H,3,12-13H2,1-2H3/b11-6+,23-21?. The smallest absolute Gasteiger partial charge is 0.252 e. The first-order valence-corrected chi connectivity index (χ1v) is 9.78. The molecular weight excluding hydrogens is 379 g/mol. The molecule has 1 aliphatic rings. The summed E-state index contributed by atoms with van der Waals surface area (Å²) < 4.78 is 23.6. The number of methoxy groups -OCH3 is 2. The molecule has 1 fully saturated rings. The number of ether oxygens (including phenoxy) is 2. The molecule has 3 rings (SSSR count). The van der Waals surface area contributed by atoms with Crippen molar-refractivity contribution >= 4 is 34.6 Å². The van der Waals surface area contributed by atoms with Crippen molar-refractivity contribution in [3.63, 3.8) is 0 Å². The van der Waals surface area contributed by atoms with Crippen molar-refractivity contribution in [1.82, 2.24) is 4.90 Å². The monoisotopic (exact) mass is 400 g/mol. The lowest BCUT2D eigenvalue weighted by molar-refractivity contribution is -0.122. The minimum Gasteiger partial charge on any atom is -0.493 e. The van der Waals surface area contributed by atoms with Gasteiger partial charge in [0.1, 0.15) is 5.82 Å². The number of rotatable bonds is 5. The predicted molar refractivity (Wildman–Crippen MR) is 111 cm³/mol. The summed E-state index contributed by atoms with van der Waals surface area (Å²) in [7, 11) is 3.15. The van der Waals surface area contributed by atoms with Crippen molar-refractivity contribution in [2.45, 2.75) is 6.42 Å². The van der Waals surface area contributed by atoms with Crippen LogP contribution < -0.4 is 9.47 Å². The number of benzene rings is 2. The Kier molecular flexibility index (Phi) is 6.71. The number of nitrogens with zero attached hydrogens (tertiary/aromatic N) is 2. The molecule has 0 N–H and O–H groups in total. The van der Waals surface area contributed by atoms with E-state index in [1.54, 1.807) is 61.2 Å². The van der Waals surface area contributed by atoms with Gasteiger partial charge in [-0.05, 0) is 42.3 Å². The van der Waals surface area contributed by atoms with Gasteiger partial charge in [-0.1, -0.05) is 23.9 Å². The average Bonchev–Trinajstić information content (AvgIpc) is 2.73. The fraction of sp³-hybridized carbons (Fsp3) is 0.238. The van der Waals surface area contributed by atoms with E-state index in [2.05, 4.69) is 4.99 Å². The molecule has 28 heavy (non-hydrogen) atoms. The van der Waals surface area contributed by atoms with Gasteiger partial charge in [-0.15, -0.1) is 0 Å². The zero-order valence-corrected chi connectivity index (χ0v) is 16.5. The lowest BCUT2D eigenvalue weighted by Gasteiger charge is -2.26. The third-order valence-electron chi connectivity index (χ3n) is 4.13. The SMILES string of the molecule is COc1ccc(N=C2SCCCN2C(=O)/C=C/c2ccc(F)cc2)cc1OC. The summed E-state index contributed by atoms with van der Waals surface area (Å²) in [6, 6.07) is 11.4. The summed E-state index contributed by atoms with van der Waals surface area (Å²) in [4.78, 5) is 19.0. The summed E-state index contributed by atoms with van der Waals surface area (Å²) in [5, 5.41) is 0.646. The maximum atomic E-state index is 13.0. The van der Waals surface area contributed by atoms with Crippen LogP contribution in [0.15, 0.2) is 53.5 Å². The van der Waals surface area contributed by atoms with Crippen molar-refractivity contribution in [3.8, 4) is 11.5 Å². The van der Waals surface area contributed by atoms with Crippen molar-refractivity contribution in [2.24, 2.45) is 4.99 Å². The number of aliphatic imine (C=N–C) groups is 1. The van der Waals surface area contributed by atoms with E-state index in [9.17, 15) is 9.18 Å². The second kappa shape index (κ2) is 9.41. The number of carbonyl (C=O) groups excluding carboxylic acids is 1. The van der Waals surface area contributed by atoms with Crippen molar-refractivity contribution in [2.75, 3.05) is 26.5 Å². The molecule has 2 aromatic carbocycles. The van der Waals surface area contributed by atoms with Crippen LogP contribution in [-0.4, -0.2) is 42.5 Å². The number of hydrogen-bond donors (Lipinski definition) is 0. The van der Waals surface area contributed by atoms with Gasteiger partial charge >= 0.3 is 0 Å². The van der Waals surface area contributed by atoms with Gasteiger partial charge in [-0.3, -0.25) is 9.69 Å². The van der Waals surface area contributed by atoms with Gasteiger partial charge in [0, 0.05) is 24.4 Å². The predicted octanol–water partition coefficient (Wildman–Crippen LogP) is 4.51. The number of halogens is 1. The maximum Gasteiger partial charge on any atom is 0.252 e. The molecule has 7 heteroatoms. The lowest BCUT2D eigenvalue weighted by atomic mass is 10.2. The van der Waals surface area contributed by atoms with Crippen LogP contribution in [0.2, 0.25) is 0 Å². The first kappa shape index (κ1) is 19.9. The Labute approximate surface area is 167 Å². The van der Waals surface area contributed by atoms with Crippen molar-refractivity contribution < 1.29 is 18.7 Å². The molecule has 0 unspecified atom stereocenters. The van der Waals surface area contributed by atoms with Crippen molar-refractivity contribution in [1.29, 1.82) is 0 Å². The van der Waals surface area contributed by atoms with Gasteiger partial charge in [0.2, 0.25) is 0 Å². The van der Waals surface area contributed by atoms with Gasteiger partial charge in [-0.2, -0.15) is 0 Å². The Morgan fingerprint density at radius 3 is 2.61 bits per heavy atom. The molecule has 5 nitrogen and oxygen atoms in total. The highest BCUT2D eigenvalue weighted by Crippen LogP contribution is 2.32. The fourth-order valence-electron chi connectivity index (χ4n) is 2.69. The van der Waals surface area contributed by atoms with Crippen LogP contribution in [0.4, 0.5) is 10.1 Å². The zero-order valence-electron chi connectivity index (χ0n) is 15.7. The molecule has 1 heterocycles. The number of amidine groups is 1. The van der Waals surface area contributed by atoms with Crippen LogP contribution in [0.5, 0.6) is 11.5 Å². The van der Waals surface area contributed by atoms with E-state index in [0.29, 0.717) is 28.9 Å². The maximum absolute atomic E-state index is 13.0. The number of thioether (sulfide) groups is 1. The van der Waals surface area contributed by atoms with E-state index in [1.807, 2.05) is 6.07 Å². The number of carbonyl (C=O) groups is 1. The second-order valence-electron chi connectivity index (χ2n) is 6.01. The van der Waals surface area contributed by atoms with Crippen LogP contribution in [-0.2, 0) is 4.79 Å². The Balaban J connectivity index is 1.80. The van der Waals surface area contributed by atoms with Crippen LogP contribution in [0, 0.1) is 5.82 Å². The van der Waals surface area contributed by atoms with Gasteiger partial charge in [0.25, 0.3) is 5.91 Å². The molecule has 0 aliphatic carbocycles. The van der Waals surface area contributed by atoms with Crippen LogP contribution in [0.25, 0.3) is 6.08 Å². The Morgan fingerprint density at radius 1 is 1.14 bits per heavy atom. The van der Waals surface area contributed by atoms with Crippen LogP contribution >= 0.6 is 11.8 Å². The Hall–Kier alpha value is -2.80. The third-order valence-corrected chi connectivity index (χ3v) is 5.20. The van der Waals surface area contributed by atoms with Crippen molar-refractivity contribution in [3.05, 3.63) is 59.9 Å². The highest BCUT2D eigenvalue weighted by atomic mass is 32.2. The van der Waals surface area contributed by atoms with E-state index < -0.39 is 0 Å². The quantitative estimate of drug-likeness (QED) is 0.693. The molecule has 0 saturated carbocycles. The Morgan fingerprint density at radius 2 is 1.89 bits per heavy atom. The summed E-state index contributed by atoms with van der Waals surface area (Å²) in [5.41, 5.74) is 1.44. The second-order valence-corrected chi connectivity index (χ2v) is 7.07. The van der Waals surface area contributed by atoms with E-state index in [1.165, 1.54) is 18.2 Å². The average molecular weight is 400 g/mol. The topological polar surface area (TPSA) is 51.1 Å². The fourth-order valence-corrected chi connectivity index (χ4v) is 3.66. The third kappa shape index (κ3) is 4.92. The van der Waals surface area contributed by atoms with E-state index in [4.69, 9.17) is 9.47 Å². The van der Waals surface area contributed by atoms with Gasteiger partial charge < -0.3 is 9.47 Å². The van der Waals surface area contributed by atoms with Crippen LogP contribution in [0.1, 0.15) is 12.0 Å². The van der Waals surface area contributed by atoms with E-state index >= 15 is 0 Å². The molecule has 0 atom stereocenters. The van der Waals surface area contributed by atoms with E-state index in [-0.39, 0.29) is 11.7 Å². The number of amides is 1. The highest BCUT2D eigenvalue weighted by molar-refractivity contribution is 8.13. The van der Waals surface area contributed by atoms with Gasteiger partial charge in [-0.25, -0.2) is 9.38 Å². The molecule has 1 aliphatic heterocycles. The molecule has 1 amide bonds. The zero-order chi connectivity index (χ0) is 19.9. The highest BCUT2D eigenvalue weighted by Gasteiger charge is 2.22. The molecule has 0 bridgehead atoms. The van der Waals surface area contributed by atoms with E-state index in [0.717, 1.165) is 17.7 Å². The summed E-state index contributed by atoms with van der Waals surface area (Å²) in [6.07, 6.45) is 4.06. The minimum atomic E-state index is -0.305. The minimum absolute atomic E-state index is 0.157. The number of hydrogen-bond acceptors (Lipinski definition) is 5. The Bertz CT molecular complexity index is 897. The molecule has 0 radical (unpaired) electrons. The van der Waals surface area contributed by atoms with Gasteiger partial charge in [0.15, 0.2) is 16.7 Å². The summed E-state index contributed by atoms with van der Waals surface area (Å²) in [5.74, 6) is 1.64. The summed E-state index contributed by atoms with van der Waals surface area (Å²) in [6.45, 7) is 0.603. The molecule has 0 spiro atoms. The molecule has 1 saturated heterocycles. The van der Waals surface area contributed by atoms with Gasteiger partial charge in [0.05, 0.1) is 19.9 Å². The summed E-state index contributed by atoms with van der Waals surface area (Å²) >= 11 is 1.54. The first-order chi connectivity index (χ1) is 13.6. The molecule has 2 aromatic rings. The molecule has 0 aromatic heterocycles. The normalized spacial score (nSPS) is 15.8. The molecule has 146 valence electrons. The first-order valence-electron chi connectivity index (χ1n) is 8.79. The van der Waals surface area contributed by atoms with Crippen LogP contribution in [0.3, 0.4) is 0 Å².